The molecule has 0 aliphatic carbocycles. The SMILES string of the molecule is COCCNCc1ccc(OC)cc1OCCC(C)O. The van der Waals surface area contributed by atoms with Gasteiger partial charge < -0.3 is 24.6 Å². The van der Waals surface area contributed by atoms with Crippen molar-refractivity contribution in [1.29, 1.82) is 0 Å². The summed E-state index contributed by atoms with van der Waals surface area (Å²) < 4.78 is 15.9. The van der Waals surface area contributed by atoms with E-state index in [1.807, 2.05) is 18.2 Å². The Morgan fingerprint density at radius 1 is 1.25 bits per heavy atom. The Balaban J connectivity index is 2.60. The van der Waals surface area contributed by atoms with Gasteiger partial charge in [-0.1, -0.05) is 6.07 Å². The topological polar surface area (TPSA) is 60.0 Å². The predicted octanol–water partition coefficient (Wildman–Crippen LogP) is 1.58. The van der Waals surface area contributed by atoms with Crippen LogP contribution in [-0.2, 0) is 11.3 Å². The summed E-state index contributed by atoms with van der Waals surface area (Å²) >= 11 is 0. The van der Waals surface area contributed by atoms with Gasteiger partial charge >= 0.3 is 0 Å². The first-order valence-electron chi connectivity index (χ1n) is 6.84. The van der Waals surface area contributed by atoms with Gasteiger partial charge in [0.2, 0.25) is 0 Å². The Morgan fingerprint density at radius 3 is 2.70 bits per heavy atom. The lowest BCUT2D eigenvalue weighted by Gasteiger charge is -2.14. The first-order chi connectivity index (χ1) is 9.67. The number of rotatable bonds is 10. The fourth-order valence-corrected chi connectivity index (χ4v) is 1.68. The Hall–Kier alpha value is -1.30. The first-order valence-corrected chi connectivity index (χ1v) is 6.84. The molecule has 1 unspecified atom stereocenters. The Morgan fingerprint density at radius 2 is 2.05 bits per heavy atom. The number of benzene rings is 1. The minimum atomic E-state index is -0.358. The quantitative estimate of drug-likeness (QED) is 0.638. The zero-order chi connectivity index (χ0) is 14.8. The van der Waals surface area contributed by atoms with Gasteiger partial charge in [0.15, 0.2) is 0 Å². The second kappa shape index (κ2) is 9.58. The summed E-state index contributed by atoms with van der Waals surface area (Å²) in [4.78, 5) is 0. The normalized spacial score (nSPS) is 12.2. The van der Waals surface area contributed by atoms with E-state index < -0.39 is 0 Å². The monoisotopic (exact) mass is 283 g/mol. The van der Waals surface area contributed by atoms with Gasteiger partial charge in [-0.15, -0.1) is 0 Å². The van der Waals surface area contributed by atoms with Crippen LogP contribution >= 0.6 is 0 Å². The molecule has 2 N–H and O–H groups in total. The van der Waals surface area contributed by atoms with Gasteiger partial charge in [0.25, 0.3) is 0 Å². The summed E-state index contributed by atoms with van der Waals surface area (Å²) in [5.74, 6) is 1.55. The standard InChI is InChI=1S/C15H25NO4/c1-12(17)6-8-20-15-10-14(19-3)5-4-13(15)11-16-7-9-18-2/h4-5,10,12,16-17H,6-9,11H2,1-3H3. The van der Waals surface area contributed by atoms with Crippen LogP contribution in [0.1, 0.15) is 18.9 Å². The molecule has 0 aliphatic rings. The molecule has 0 heterocycles. The molecule has 0 radical (unpaired) electrons. The molecule has 5 heteroatoms. The molecule has 0 amide bonds. The molecule has 0 fully saturated rings. The minimum absolute atomic E-state index is 0.358. The van der Waals surface area contributed by atoms with Gasteiger partial charge in [-0.3, -0.25) is 0 Å². The highest BCUT2D eigenvalue weighted by Crippen LogP contribution is 2.25. The van der Waals surface area contributed by atoms with Crippen LogP contribution in [0.25, 0.3) is 0 Å². The molecule has 0 spiro atoms. The van der Waals surface area contributed by atoms with E-state index >= 15 is 0 Å². The number of methoxy groups -OCH3 is 2. The third-order valence-corrected chi connectivity index (χ3v) is 2.87. The predicted molar refractivity (Wildman–Crippen MR) is 78.4 cm³/mol. The van der Waals surface area contributed by atoms with E-state index in [-0.39, 0.29) is 6.10 Å². The summed E-state index contributed by atoms with van der Waals surface area (Å²) in [5, 5.41) is 12.6. The van der Waals surface area contributed by atoms with E-state index in [0.29, 0.717) is 26.2 Å². The molecular weight excluding hydrogens is 258 g/mol. The van der Waals surface area contributed by atoms with Crippen molar-refractivity contribution in [2.45, 2.75) is 26.0 Å². The highest BCUT2D eigenvalue weighted by atomic mass is 16.5. The number of aliphatic hydroxyl groups excluding tert-OH is 1. The van der Waals surface area contributed by atoms with Crippen LogP contribution in [0.3, 0.4) is 0 Å². The van der Waals surface area contributed by atoms with E-state index in [1.54, 1.807) is 21.1 Å². The maximum Gasteiger partial charge on any atom is 0.127 e. The Kier molecular flexibility index (Phi) is 8.02. The Labute approximate surface area is 120 Å². The van der Waals surface area contributed by atoms with E-state index in [1.165, 1.54) is 0 Å². The van der Waals surface area contributed by atoms with Crippen molar-refractivity contribution in [1.82, 2.24) is 5.32 Å². The van der Waals surface area contributed by atoms with Crippen molar-refractivity contribution in [2.24, 2.45) is 0 Å². The van der Waals surface area contributed by atoms with Crippen molar-refractivity contribution in [3.05, 3.63) is 23.8 Å². The smallest absolute Gasteiger partial charge is 0.127 e. The minimum Gasteiger partial charge on any atom is -0.497 e. The van der Waals surface area contributed by atoms with Crippen molar-refractivity contribution < 1.29 is 19.3 Å². The molecule has 20 heavy (non-hydrogen) atoms. The van der Waals surface area contributed by atoms with Crippen LogP contribution in [0.5, 0.6) is 11.5 Å². The zero-order valence-electron chi connectivity index (χ0n) is 12.5. The summed E-state index contributed by atoms with van der Waals surface area (Å²) in [6.07, 6.45) is 0.247. The largest absolute Gasteiger partial charge is 0.497 e. The van der Waals surface area contributed by atoms with Gasteiger partial charge in [0.1, 0.15) is 11.5 Å². The van der Waals surface area contributed by atoms with Crippen molar-refractivity contribution >= 4 is 0 Å². The third-order valence-electron chi connectivity index (χ3n) is 2.87. The molecule has 1 rings (SSSR count). The Bertz CT molecular complexity index is 382. The first kappa shape index (κ1) is 16.8. The number of aliphatic hydroxyl groups is 1. The fourth-order valence-electron chi connectivity index (χ4n) is 1.68. The molecule has 1 aromatic rings. The van der Waals surface area contributed by atoms with Crippen LogP contribution < -0.4 is 14.8 Å². The zero-order valence-corrected chi connectivity index (χ0v) is 12.5. The lowest BCUT2D eigenvalue weighted by atomic mass is 10.2. The van der Waals surface area contributed by atoms with Crippen LogP contribution in [0.15, 0.2) is 18.2 Å². The second-order valence-electron chi connectivity index (χ2n) is 4.63. The van der Waals surface area contributed by atoms with E-state index in [9.17, 15) is 5.11 Å². The lowest BCUT2D eigenvalue weighted by molar-refractivity contribution is 0.155. The van der Waals surface area contributed by atoms with Crippen LogP contribution in [-0.4, -0.2) is 45.2 Å². The average molecular weight is 283 g/mol. The van der Waals surface area contributed by atoms with Gasteiger partial charge in [-0.2, -0.15) is 0 Å². The molecule has 5 nitrogen and oxygen atoms in total. The fraction of sp³-hybridized carbons (Fsp3) is 0.600. The van der Waals surface area contributed by atoms with Crippen LogP contribution in [0.4, 0.5) is 0 Å². The summed E-state index contributed by atoms with van der Waals surface area (Å²) in [7, 11) is 3.31. The van der Waals surface area contributed by atoms with Crippen LogP contribution in [0.2, 0.25) is 0 Å². The third kappa shape index (κ3) is 6.23. The summed E-state index contributed by atoms with van der Waals surface area (Å²) in [6.45, 7) is 4.40. The lowest BCUT2D eigenvalue weighted by Crippen LogP contribution is -2.19. The van der Waals surface area contributed by atoms with Crippen molar-refractivity contribution in [3.63, 3.8) is 0 Å². The van der Waals surface area contributed by atoms with Gasteiger partial charge in [-0.05, 0) is 13.0 Å². The molecule has 1 atom stereocenters. The van der Waals surface area contributed by atoms with Crippen LogP contribution in [0, 0.1) is 0 Å². The molecule has 0 aliphatic heterocycles. The molecule has 114 valence electrons. The second-order valence-corrected chi connectivity index (χ2v) is 4.63. The molecule has 0 saturated carbocycles. The molecule has 0 saturated heterocycles. The molecule has 0 bridgehead atoms. The van der Waals surface area contributed by atoms with Crippen molar-refractivity contribution in [3.8, 4) is 11.5 Å². The maximum absolute atomic E-state index is 9.27. The highest BCUT2D eigenvalue weighted by molar-refractivity contribution is 5.40. The number of hydrogen-bond acceptors (Lipinski definition) is 5. The number of hydrogen-bond donors (Lipinski definition) is 2. The molecule has 0 aromatic heterocycles. The molecular formula is C15H25NO4. The van der Waals surface area contributed by atoms with Crippen molar-refractivity contribution in [2.75, 3.05) is 34.0 Å². The van der Waals surface area contributed by atoms with Gasteiger partial charge in [-0.25, -0.2) is 0 Å². The van der Waals surface area contributed by atoms with Gasteiger partial charge in [0, 0.05) is 38.2 Å². The van der Waals surface area contributed by atoms with E-state index in [0.717, 1.165) is 23.6 Å². The maximum atomic E-state index is 9.27. The van der Waals surface area contributed by atoms with E-state index in [2.05, 4.69) is 5.32 Å². The summed E-state index contributed by atoms with van der Waals surface area (Å²) in [6, 6.07) is 5.76. The highest BCUT2D eigenvalue weighted by Gasteiger charge is 2.06. The number of ether oxygens (including phenoxy) is 3. The number of nitrogens with one attached hydrogen (secondary N) is 1. The van der Waals surface area contributed by atoms with Gasteiger partial charge in [0.05, 0.1) is 26.4 Å². The van der Waals surface area contributed by atoms with E-state index in [4.69, 9.17) is 14.2 Å². The average Bonchev–Trinajstić information content (AvgIpc) is 2.44. The molecule has 1 aromatic carbocycles. The summed E-state index contributed by atoms with van der Waals surface area (Å²) in [5.41, 5.74) is 1.06.